The van der Waals surface area contributed by atoms with Crippen LogP contribution in [0.4, 0.5) is 0 Å². The van der Waals surface area contributed by atoms with E-state index in [-0.39, 0.29) is 17.1 Å². The number of carbonyl (C=O) groups excluding carboxylic acids is 2. The van der Waals surface area contributed by atoms with Crippen LogP contribution in [0, 0.1) is 0 Å². The van der Waals surface area contributed by atoms with Crippen LogP contribution in [0.1, 0.15) is 129 Å². The fraction of sp³-hybridized carbons (Fsp3) is 0.553. The minimum absolute atomic E-state index is 0.0254. The Morgan fingerprint density at radius 1 is 0.750 bits per heavy atom. The van der Waals surface area contributed by atoms with Gasteiger partial charge in [-0.25, -0.2) is 14.4 Å². The predicted molar refractivity (Wildman–Crippen MR) is 182 cm³/mol. The molecule has 1 N–H and O–H groups in total. The van der Waals surface area contributed by atoms with E-state index < -0.39 is 11.9 Å². The molecule has 0 saturated carbocycles. The molecule has 0 aromatic heterocycles. The summed E-state index contributed by atoms with van der Waals surface area (Å²) in [4.78, 5) is 33.0. The maximum Gasteiger partial charge on any atom is 0.337 e. The number of unbranched alkanes of at least 4 members (excludes halogenated alkanes) is 15. The highest BCUT2D eigenvalue weighted by atomic mass is 16.5. The summed E-state index contributed by atoms with van der Waals surface area (Å²) in [6.07, 6.45) is 27.2. The largest absolute Gasteiger partial charge is 0.478 e. The first-order chi connectivity index (χ1) is 21.2. The first-order valence-corrected chi connectivity index (χ1v) is 16.5. The monoisotopic (exact) mass is 610 g/mol. The second-order valence-corrected chi connectivity index (χ2v) is 11.2. The van der Waals surface area contributed by atoms with E-state index in [0.717, 1.165) is 24.5 Å². The highest BCUT2D eigenvalue weighted by Crippen LogP contribution is 2.14. The number of carboxylic acid groups (broad SMARTS) is 1. The number of hydrogen-bond donors (Lipinski definition) is 1. The molecular weight excluding hydrogens is 552 g/mol. The van der Waals surface area contributed by atoms with Crippen LogP contribution >= 0.6 is 0 Å². The molecule has 6 nitrogen and oxygen atoms in total. The number of ether oxygens (including phenoxy) is 2. The Kier molecular flexibility index (Phi) is 26.2. The van der Waals surface area contributed by atoms with Crippen LogP contribution in [0.15, 0.2) is 72.4 Å². The van der Waals surface area contributed by atoms with Crippen molar-refractivity contribution >= 4 is 24.0 Å². The van der Waals surface area contributed by atoms with Crippen molar-refractivity contribution in [3.8, 4) is 0 Å². The van der Waals surface area contributed by atoms with Crippen LogP contribution in [0.3, 0.4) is 0 Å². The third kappa shape index (κ3) is 24.1. The summed E-state index contributed by atoms with van der Waals surface area (Å²) in [5.74, 6) is -1.97. The number of benzene rings is 1. The lowest BCUT2D eigenvalue weighted by molar-refractivity contribution is -0.139. The van der Waals surface area contributed by atoms with E-state index in [1.54, 1.807) is 0 Å². The first-order valence-electron chi connectivity index (χ1n) is 16.5. The number of carbonyl (C=O) groups is 3. The maximum atomic E-state index is 12.0. The van der Waals surface area contributed by atoms with Gasteiger partial charge in [-0.3, -0.25) is 0 Å². The Bertz CT molecular complexity index is 1010. The van der Waals surface area contributed by atoms with E-state index in [1.807, 2.05) is 42.5 Å². The normalized spacial score (nSPS) is 11.0. The molecule has 0 aliphatic rings. The molecule has 0 radical (unpaired) electrons. The van der Waals surface area contributed by atoms with Crippen LogP contribution in [0.25, 0.3) is 6.08 Å². The molecule has 0 heterocycles. The van der Waals surface area contributed by atoms with Gasteiger partial charge in [0.1, 0.15) is 0 Å². The fourth-order valence-electron chi connectivity index (χ4n) is 4.41. The first kappa shape index (κ1) is 40.6. The van der Waals surface area contributed by atoms with Gasteiger partial charge in [0, 0.05) is 11.1 Å². The molecule has 6 heteroatoms. The van der Waals surface area contributed by atoms with E-state index in [4.69, 9.17) is 9.84 Å². The van der Waals surface area contributed by atoms with Crippen molar-refractivity contribution in [3.05, 3.63) is 77.9 Å². The Balaban J connectivity index is 0.00000129. The second kappa shape index (κ2) is 28.4. The molecule has 0 aliphatic heterocycles. The second-order valence-electron chi connectivity index (χ2n) is 11.2. The summed E-state index contributed by atoms with van der Waals surface area (Å²) < 4.78 is 9.67. The zero-order valence-electron chi connectivity index (χ0n) is 27.7. The van der Waals surface area contributed by atoms with Gasteiger partial charge in [-0.1, -0.05) is 159 Å². The van der Waals surface area contributed by atoms with Gasteiger partial charge < -0.3 is 14.6 Å². The summed E-state index contributed by atoms with van der Waals surface area (Å²) in [6, 6.07) is 10.1. The number of esters is 2. The minimum Gasteiger partial charge on any atom is -0.478 e. The van der Waals surface area contributed by atoms with Gasteiger partial charge >= 0.3 is 17.9 Å². The number of carboxylic acids is 1. The average Bonchev–Trinajstić information content (AvgIpc) is 3.02. The molecule has 0 amide bonds. The molecule has 1 aromatic carbocycles. The third-order valence-corrected chi connectivity index (χ3v) is 7.17. The van der Waals surface area contributed by atoms with Crippen molar-refractivity contribution in [2.24, 2.45) is 0 Å². The summed E-state index contributed by atoms with van der Waals surface area (Å²) in [5.41, 5.74) is 1.72. The minimum atomic E-state index is -1.08. The summed E-state index contributed by atoms with van der Waals surface area (Å²) in [5, 5.41) is 8.42. The SMILES string of the molecule is C=C(C=C(C)C(=O)O)C(=O)OC.C=C(CC=Cc1ccccc1)C(=O)OCCCCCCCCCCCCCCCCCC. The molecule has 0 unspecified atom stereocenters. The van der Waals surface area contributed by atoms with Gasteiger partial charge in [-0.2, -0.15) is 0 Å². The lowest BCUT2D eigenvalue weighted by Crippen LogP contribution is -2.07. The molecule has 0 fully saturated rings. The summed E-state index contributed by atoms with van der Waals surface area (Å²) in [7, 11) is 1.21. The molecule has 0 spiro atoms. The Morgan fingerprint density at radius 2 is 1.23 bits per heavy atom. The molecule has 0 bridgehead atoms. The van der Waals surface area contributed by atoms with E-state index in [1.165, 1.54) is 104 Å². The quantitative estimate of drug-likeness (QED) is 0.0542. The number of methoxy groups -OCH3 is 1. The number of hydrogen-bond acceptors (Lipinski definition) is 5. The van der Waals surface area contributed by atoms with Crippen LogP contribution in [0.2, 0.25) is 0 Å². The number of aliphatic carboxylic acids is 1. The van der Waals surface area contributed by atoms with Gasteiger partial charge in [0.05, 0.1) is 19.3 Å². The highest BCUT2D eigenvalue weighted by molar-refractivity contribution is 5.94. The Morgan fingerprint density at radius 3 is 1.68 bits per heavy atom. The molecule has 1 rings (SSSR count). The predicted octanol–water partition coefficient (Wildman–Crippen LogP) is 10.2. The Hall–Kier alpha value is -3.41. The highest BCUT2D eigenvalue weighted by Gasteiger charge is 2.07. The van der Waals surface area contributed by atoms with E-state index in [2.05, 4.69) is 24.8 Å². The van der Waals surface area contributed by atoms with Crippen LogP contribution in [-0.4, -0.2) is 36.7 Å². The van der Waals surface area contributed by atoms with Gasteiger partial charge in [0.2, 0.25) is 0 Å². The van der Waals surface area contributed by atoms with Gasteiger partial charge in [-0.05, 0) is 31.4 Å². The zero-order valence-corrected chi connectivity index (χ0v) is 27.7. The van der Waals surface area contributed by atoms with Gasteiger partial charge in [0.25, 0.3) is 0 Å². The zero-order chi connectivity index (χ0) is 32.8. The fourth-order valence-corrected chi connectivity index (χ4v) is 4.41. The van der Waals surface area contributed by atoms with Crippen molar-refractivity contribution in [2.75, 3.05) is 13.7 Å². The number of allylic oxidation sites excluding steroid dienone is 1. The summed E-state index contributed by atoms with van der Waals surface area (Å²) >= 11 is 0. The lowest BCUT2D eigenvalue weighted by atomic mass is 10.0. The average molecular weight is 611 g/mol. The lowest BCUT2D eigenvalue weighted by Gasteiger charge is -2.06. The summed E-state index contributed by atoms with van der Waals surface area (Å²) in [6.45, 7) is 11.4. The van der Waals surface area contributed by atoms with Crippen LogP contribution in [0.5, 0.6) is 0 Å². The molecular formula is C38H58O6. The van der Waals surface area contributed by atoms with Crippen molar-refractivity contribution in [1.29, 1.82) is 0 Å². The molecule has 0 saturated heterocycles. The van der Waals surface area contributed by atoms with E-state index in [9.17, 15) is 14.4 Å². The molecule has 246 valence electrons. The van der Waals surface area contributed by atoms with Crippen molar-refractivity contribution < 1.29 is 29.0 Å². The van der Waals surface area contributed by atoms with Gasteiger partial charge in [0.15, 0.2) is 0 Å². The third-order valence-electron chi connectivity index (χ3n) is 7.17. The van der Waals surface area contributed by atoms with Crippen molar-refractivity contribution in [3.63, 3.8) is 0 Å². The van der Waals surface area contributed by atoms with Crippen LogP contribution < -0.4 is 0 Å². The smallest absolute Gasteiger partial charge is 0.337 e. The standard InChI is InChI=1S/C30H48O2.C8H10O4/c1-3-4-5-6-7-8-9-10-11-12-13-14-15-16-17-21-27-32-30(31)28(2)23-22-26-29-24-19-18-20-25-29;1-5(7(9)10)4-6(2)8(11)12-3/h18-20,22,24-26H,2-17,21,23,27H2,1H3;4H,2H2,1,3H3,(H,9,10). The Labute approximate surface area is 267 Å². The van der Waals surface area contributed by atoms with Crippen LogP contribution in [-0.2, 0) is 23.9 Å². The van der Waals surface area contributed by atoms with E-state index in [0.29, 0.717) is 18.6 Å². The van der Waals surface area contributed by atoms with Gasteiger partial charge in [-0.15, -0.1) is 0 Å². The van der Waals surface area contributed by atoms with Crippen molar-refractivity contribution in [2.45, 2.75) is 123 Å². The molecule has 0 aliphatic carbocycles. The molecule has 0 atom stereocenters. The molecule has 44 heavy (non-hydrogen) atoms. The topological polar surface area (TPSA) is 89.9 Å². The number of rotatable bonds is 24. The molecule has 1 aromatic rings. The van der Waals surface area contributed by atoms with E-state index >= 15 is 0 Å². The van der Waals surface area contributed by atoms with Crippen molar-refractivity contribution in [1.82, 2.24) is 0 Å². The maximum absolute atomic E-state index is 12.0.